The number of nitrogens with zero attached hydrogens (tertiary/aromatic N) is 1. The summed E-state index contributed by atoms with van der Waals surface area (Å²) in [4.78, 5) is 17.2. The highest BCUT2D eigenvalue weighted by atomic mass is 32.1. The van der Waals surface area contributed by atoms with Crippen LogP contribution in [0.15, 0.2) is 29.8 Å². The van der Waals surface area contributed by atoms with E-state index < -0.39 is 5.82 Å². The average Bonchev–Trinajstić information content (AvgIpc) is 2.94. The minimum absolute atomic E-state index is 0.234. The van der Waals surface area contributed by atoms with Crippen LogP contribution in [-0.4, -0.2) is 24.0 Å². The van der Waals surface area contributed by atoms with Crippen LogP contribution in [-0.2, 0) is 6.42 Å². The van der Waals surface area contributed by atoms with E-state index in [1.54, 1.807) is 11.3 Å². The van der Waals surface area contributed by atoms with Gasteiger partial charge in [0, 0.05) is 18.0 Å². The van der Waals surface area contributed by atoms with Crippen molar-refractivity contribution in [2.45, 2.75) is 13.3 Å². The number of aromatic nitrogens is 1. The van der Waals surface area contributed by atoms with Gasteiger partial charge in [-0.05, 0) is 30.9 Å². The van der Waals surface area contributed by atoms with Crippen LogP contribution in [0.4, 0.5) is 10.2 Å². The van der Waals surface area contributed by atoms with Crippen molar-refractivity contribution in [2.24, 2.45) is 0 Å². The van der Waals surface area contributed by atoms with Crippen LogP contribution in [0.2, 0.25) is 0 Å². The first-order valence-electron chi connectivity index (χ1n) is 6.40. The average molecular weight is 293 g/mol. The van der Waals surface area contributed by atoms with Crippen molar-refractivity contribution in [3.63, 3.8) is 0 Å². The zero-order chi connectivity index (χ0) is 14.4. The Balaban J connectivity index is 1.99. The van der Waals surface area contributed by atoms with Crippen molar-refractivity contribution < 1.29 is 9.18 Å². The lowest BCUT2D eigenvalue weighted by Crippen LogP contribution is -2.27. The molecule has 0 spiro atoms. The number of amides is 1. The summed E-state index contributed by atoms with van der Waals surface area (Å²) >= 11 is 1.65. The van der Waals surface area contributed by atoms with Crippen molar-refractivity contribution in [1.29, 1.82) is 0 Å². The molecule has 0 aromatic carbocycles. The summed E-state index contributed by atoms with van der Waals surface area (Å²) < 4.78 is 13.2. The second-order valence-electron chi connectivity index (χ2n) is 4.17. The van der Waals surface area contributed by atoms with E-state index in [1.807, 2.05) is 24.4 Å². The molecule has 0 fully saturated rings. The highest BCUT2D eigenvalue weighted by molar-refractivity contribution is 7.09. The topological polar surface area (TPSA) is 54.0 Å². The van der Waals surface area contributed by atoms with Gasteiger partial charge in [-0.3, -0.25) is 4.79 Å². The fourth-order valence-electron chi connectivity index (χ4n) is 1.77. The molecule has 2 heterocycles. The van der Waals surface area contributed by atoms with E-state index >= 15 is 0 Å². The molecule has 2 N–H and O–H groups in total. The first-order valence-corrected chi connectivity index (χ1v) is 7.28. The summed E-state index contributed by atoms with van der Waals surface area (Å²) in [6.45, 7) is 3.03. The van der Waals surface area contributed by atoms with Crippen LogP contribution in [0.25, 0.3) is 0 Å². The normalized spacial score (nSPS) is 10.3. The van der Waals surface area contributed by atoms with Gasteiger partial charge in [0.1, 0.15) is 11.6 Å². The van der Waals surface area contributed by atoms with Crippen molar-refractivity contribution in [1.82, 2.24) is 10.3 Å². The zero-order valence-corrected chi connectivity index (χ0v) is 12.0. The Morgan fingerprint density at radius 1 is 1.50 bits per heavy atom. The van der Waals surface area contributed by atoms with Gasteiger partial charge >= 0.3 is 0 Å². The monoisotopic (exact) mass is 293 g/mol. The molecule has 2 aromatic rings. The van der Waals surface area contributed by atoms with E-state index in [4.69, 9.17) is 0 Å². The fourth-order valence-corrected chi connectivity index (χ4v) is 2.48. The molecule has 4 nitrogen and oxygen atoms in total. The van der Waals surface area contributed by atoms with Gasteiger partial charge < -0.3 is 10.6 Å². The molecule has 20 heavy (non-hydrogen) atoms. The summed E-state index contributed by atoms with van der Waals surface area (Å²) in [5, 5.41) is 7.73. The predicted molar refractivity (Wildman–Crippen MR) is 78.7 cm³/mol. The SMILES string of the molecule is CCNc1ncc(F)cc1C(=O)NCCc1cccs1. The Morgan fingerprint density at radius 2 is 2.35 bits per heavy atom. The minimum Gasteiger partial charge on any atom is -0.370 e. The Labute approximate surface area is 121 Å². The molecular formula is C14H16FN3OS. The van der Waals surface area contributed by atoms with Crippen LogP contribution in [0.5, 0.6) is 0 Å². The molecule has 0 aliphatic heterocycles. The molecule has 0 saturated heterocycles. The van der Waals surface area contributed by atoms with Crippen LogP contribution in [0, 0.1) is 5.82 Å². The Morgan fingerprint density at radius 3 is 3.05 bits per heavy atom. The molecule has 106 valence electrons. The van der Waals surface area contributed by atoms with Crippen LogP contribution < -0.4 is 10.6 Å². The Hall–Kier alpha value is -1.95. The molecule has 2 aromatic heterocycles. The van der Waals surface area contributed by atoms with Gasteiger partial charge in [0.15, 0.2) is 0 Å². The quantitative estimate of drug-likeness (QED) is 0.861. The number of nitrogens with one attached hydrogen (secondary N) is 2. The summed E-state index contributed by atoms with van der Waals surface area (Å²) in [6, 6.07) is 5.19. The van der Waals surface area contributed by atoms with E-state index in [0.29, 0.717) is 18.9 Å². The lowest BCUT2D eigenvalue weighted by molar-refractivity contribution is 0.0954. The molecule has 0 unspecified atom stereocenters. The predicted octanol–water partition coefficient (Wildman–Crippen LogP) is 2.69. The van der Waals surface area contributed by atoms with E-state index in [0.717, 1.165) is 12.6 Å². The smallest absolute Gasteiger partial charge is 0.255 e. The molecule has 0 radical (unpaired) electrons. The second-order valence-corrected chi connectivity index (χ2v) is 5.20. The van der Waals surface area contributed by atoms with Crippen LogP contribution >= 0.6 is 11.3 Å². The first kappa shape index (κ1) is 14.5. The molecule has 0 atom stereocenters. The maximum absolute atomic E-state index is 13.2. The number of rotatable bonds is 6. The number of hydrogen-bond donors (Lipinski definition) is 2. The number of anilines is 1. The summed E-state index contributed by atoms with van der Waals surface area (Å²) in [5.41, 5.74) is 0.234. The molecule has 0 aliphatic carbocycles. The third-order valence-electron chi connectivity index (χ3n) is 2.68. The number of thiophene rings is 1. The Bertz CT molecular complexity index is 572. The maximum atomic E-state index is 13.2. The number of halogens is 1. The number of carbonyl (C=O) groups is 1. The van der Waals surface area contributed by atoms with E-state index in [9.17, 15) is 9.18 Å². The van der Waals surface area contributed by atoms with Gasteiger partial charge in [-0.1, -0.05) is 6.07 Å². The molecule has 2 rings (SSSR count). The van der Waals surface area contributed by atoms with Gasteiger partial charge in [-0.25, -0.2) is 9.37 Å². The number of carbonyl (C=O) groups excluding carboxylic acids is 1. The lowest BCUT2D eigenvalue weighted by Gasteiger charge is -2.10. The van der Waals surface area contributed by atoms with Crippen LogP contribution in [0.3, 0.4) is 0 Å². The third kappa shape index (κ3) is 3.77. The van der Waals surface area contributed by atoms with Gasteiger partial charge in [-0.15, -0.1) is 11.3 Å². The van der Waals surface area contributed by atoms with Crippen molar-refractivity contribution in [3.05, 3.63) is 46.0 Å². The van der Waals surface area contributed by atoms with Crippen molar-refractivity contribution >= 4 is 23.1 Å². The van der Waals surface area contributed by atoms with E-state index in [2.05, 4.69) is 15.6 Å². The summed E-state index contributed by atoms with van der Waals surface area (Å²) in [6.07, 6.45) is 1.86. The van der Waals surface area contributed by atoms with E-state index in [1.165, 1.54) is 10.9 Å². The Kier molecular flexibility index (Phi) is 5.06. The van der Waals surface area contributed by atoms with Gasteiger partial charge in [0.25, 0.3) is 5.91 Å². The highest BCUT2D eigenvalue weighted by Gasteiger charge is 2.13. The highest BCUT2D eigenvalue weighted by Crippen LogP contribution is 2.13. The maximum Gasteiger partial charge on any atom is 0.255 e. The van der Waals surface area contributed by atoms with Gasteiger partial charge in [0.2, 0.25) is 0 Å². The molecule has 0 saturated carbocycles. The van der Waals surface area contributed by atoms with Crippen LogP contribution in [0.1, 0.15) is 22.2 Å². The first-order chi connectivity index (χ1) is 9.70. The molecule has 1 amide bonds. The molecule has 0 bridgehead atoms. The number of pyridine rings is 1. The van der Waals surface area contributed by atoms with E-state index in [-0.39, 0.29) is 11.5 Å². The zero-order valence-electron chi connectivity index (χ0n) is 11.1. The summed E-state index contributed by atoms with van der Waals surface area (Å²) in [7, 11) is 0. The van der Waals surface area contributed by atoms with Gasteiger partial charge in [-0.2, -0.15) is 0 Å². The largest absolute Gasteiger partial charge is 0.370 e. The molecule has 0 aliphatic rings. The second kappa shape index (κ2) is 7.00. The fraction of sp³-hybridized carbons (Fsp3) is 0.286. The van der Waals surface area contributed by atoms with Crippen molar-refractivity contribution in [3.8, 4) is 0 Å². The lowest BCUT2D eigenvalue weighted by atomic mass is 10.2. The third-order valence-corrected chi connectivity index (χ3v) is 3.62. The molecule has 6 heteroatoms. The standard InChI is InChI=1S/C14H16FN3OS/c1-2-16-13-12(8-10(15)9-18-13)14(19)17-6-5-11-4-3-7-20-11/h3-4,7-9H,2,5-6H2,1H3,(H,16,18)(H,17,19). The van der Waals surface area contributed by atoms with Crippen molar-refractivity contribution in [2.75, 3.05) is 18.4 Å². The number of hydrogen-bond acceptors (Lipinski definition) is 4. The molecular weight excluding hydrogens is 277 g/mol. The summed E-state index contributed by atoms with van der Waals surface area (Å²) in [5.74, 6) is -0.429. The minimum atomic E-state index is -0.518. The van der Waals surface area contributed by atoms with Gasteiger partial charge in [0.05, 0.1) is 11.8 Å².